The van der Waals surface area contributed by atoms with E-state index in [2.05, 4.69) is 5.32 Å². The van der Waals surface area contributed by atoms with Crippen LogP contribution in [-0.2, 0) is 19.1 Å². The van der Waals surface area contributed by atoms with Gasteiger partial charge in [0.15, 0.2) is 0 Å². The zero-order valence-corrected chi connectivity index (χ0v) is 13.2. The summed E-state index contributed by atoms with van der Waals surface area (Å²) < 4.78 is 10.8. The lowest BCUT2D eigenvalue weighted by molar-refractivity contribution is -0.156. The number of nitrogens with one attached hydrogen (secondary N) is 1. The first-order valence-electron chi connectivity index (χ1n) is 7.28. The number of rotatable bonds is 4. The minimum atomic E-state index is -0.621. The maximum Gasteiger partial charge on any atom is 0.328 e. The minimum Gasteiger partial charge on any atom is -0.461 e. The van der Waals surface area contributed by atoms with E-state index in [4.69, 9.17) is 9.47 Å². The first kappa shape index (κ1) is 17.0. The zero-order valence-electron chi connectivity index (χ0n) is 13.2. The Labute approximate surface area is 121 Å². The lowest BCUT2D eigenvalue weighted by Crippen LogP contribution is -2.46. The molecule has 20 heavy (non-hydrogen) atoms. The van der Waals surface area contributed by atoms with Gasteiger partial charge >= 0.3 is 5.97 Å². The number of amides is 1. The number of hydrogen-bond donors (Lipinski definition) is 1. The summed E-state index contributed by atoms with van der Waals surface area (Å²) in [5.74, 6) is -0.523. The first-order chi connectivity index (χ1) is 9.24. The van der Waals surface area contributed by atoms with Crippen molar-refractivity contribution in [3.8, 4) is 0 Å². The lowest BCUT2D eigenvalue weighted by Gasteiger charge is -2.29. The Morgan fingerprint density at radius 2 is 1.80 bits per heavy atom. The third-order valence-corrected chi connectivity index (χ3v) is 3.58. The Morgan fingerprint density at radius 3 is 2.35 bits per heavy atom. The fraction of sp³-hybridized carbons (Fsp3) is 0.867. The summed E-state index contributed by atoms with van der Waals surface area (Å²) in [5, 5.41) is 2.69. The van der Waals surface area contributed by atoms with Crippen LogP contribution in [0.15, 0.2) is 0 Å². The van der Waals surface area contributed by atoms with Gasteiger partial charge < -0.3 is 14.8 Å². The van der Waals surface area contributed by atoms with Gasteiger partial charge in [-0.15, -0.1) is 0 Å². The molecule has 0 spiro atoms. The van der Waals surface area contributed by atoms with Gasteiger partial charge in [0.1, 0.15) is 12.1 Å². The van der Waals surface area contributed by atoms with Gasteiger partial charge in [-0.25, -0.2) is 4.79 Å². The normalized spacial score (nSPS) is 24.9. The van der Waals surface area contributed by atoms with Crippen molar-refractivity contribution in [1.29, 1.82) is 0 Å². The van der Waals surface area contributed by atoms with E-state index in [0.717, 1.165) is 25.7 Å². The van der Waals surface area contributed by atoms with Crippen molar-refractivity contribution in [2.24, 2.45) is 5.41 Å². The number of carbonyl (C=O) groups is 2. The van der Waals surface area contributed by atoms with Crippen LogP contribution in [0.4, 0.5) is 0 Å². The van der Waals surface area contributed by atoms with Gasteiger partial charge in [0, 0.05) is 18.9 Å². The second-order valence-corrected chi connectivity index (χ2v) is 6.53. The highest BCUT2D eigenvalue weighted by atomic mass is 16.5. The highest BCUT2D eigenvalue weighted by Gasteiger charge is 2.29. The Bertz CT molecular complexity index is 348. The van der Waals surface area contributed by atoms with E-state index in [-0.39, 0.29) is 24.1 Å². The van der Waals surface area contributed by atoms with Gasteiger partial charge in [-0.05, 0) is 26.2 Å². The van der Waals surface area contributed by atoms with Crippen molar-refractivity contribution in [3.63, 3.8) is 0 Å². The van der Waals surface area contributed by atoms with Gasteiger partial charge in [0.2, 0.25) is 5.91 Å². The lowest BCUT2D eigenvalue weighted by atomic mass is 9.94. The largest absolute Gasteiger partial charge is 0.461 e. The third-order valence-electron chi connectivity index (χ3n) is 3.58. The number of hydrogen-bond acceptors (Lipinski definition) is 4. The molecule has 0 bridgehead atoms. The van der Waals surface area contributed by atoms with Crippen molar-refractivity contribution in [1.82, 2.24) is 5.32 Å². The maximum absolute atomic E-state index is 12.0. The zero-order chi connectivity index (χ0) is 15.3. The number of ether oxygens (including phenoxy) is 2. The monoisotopic (exact) mass is 285 g/mol. The number of carbonyl (C=O) groups excluding carboxylic acids is 2. The van der Waals surface area contributed by atoms with Crippen molar-refractivity contribution in [3.05, 3.63) is 0 Å². The fourth-order valence-electron chi connectivity index (χ4n) is 2.16. The van der Waals surface area contributed by atoms with Crippen LogP contribution in [-0.4, -0.2) is 37.2 Å². The maximum atomic E-state index is 12.0. The quantitative estimate of drug-likeness (QED) is 0.803. The minimum absolute atomic E-state index is 0.102. The van der Waals surface area contributed by atoms with E-state index in [1.807, 2.05) is 20.8 Å². The fourth-order valence-corrected chi connectivity index (χ4v) is 2.16. The molecule has 1 saturated carbocycles. The summed E-state index contributed by atoms with van der Waals surface area (Å²) in [6.07, 6.45) is 3.68. The van der Waals surface area contributed by atoms with E-state index < -0.39 is 11.5 Å². The van der Waals surface area contributed by atoms with Gasteiger partial charge in [-0.3, -0.25) is 4.79 Å². The highest BCUT2D eigenvalue weighted by Crippen LogP contribution is 2.23. The molecule has 1 aliphatic carbocycles. The molecule has 0 heterocycles. The Hall–Kier alpha value is -1.10. The molecular formula is C15H27NO4. The van der Waals surface area contributed by atoms with Gasteiger partial charge in [-0.2, -0.15) is 0 Å². The van der Waals surface area contributed by atoms with E-state index in [0.29, 0.717) is 0 Å². The first-order valence-corrected chi connectivity index (χ1v) is 7.28. The standard InChI is InChI=1S/C15H27NO4/c1-10(16-14(18)15(2,3)4)13(17)20-12-8-6-7-11(9-12)19-5/h10-12H,6-9H2,1-5H3,(H,16,18)/t10-,11+,12+/m0/s1. The molecule has 0 saturated heterocycles. The Kier molecular flexibility index (Phi) is 5.99. The van der Waals surface area contributed by atoms with Gasteiger partial charge in [-0.1, -0.05) is 20.8 Å². The second-order valence-electron chi connectivity index (χ2n) is 6.53. The molecule has 0 aliphatic heterocycles. The van der Waals surface area contributed by atoms with Crippen LogP contribution in [0.5, 0.6) is 0 Å². The molecular weight excluding hydrogens is 258 g/mol. The van der Waals surface area contributed by atoms with E-state index in [1.165, 1.54) is 0 Å². The molecule has 5 heteroatoms. The van der Waals surface area contributed by atoms with Gasteiger partial charge in [0.05, 0.1) is 6.10 Å². The average Bonchev–Trinajstić information content (AvgIpc) is 2.37. The molecule has 0 aromatic rings. The summed E-state index contributed by atoms with van der Waals surface area (Å²) >= 11 is 0. The van der Waals surface area contributed by atoms with Crippen LogP contribution in [0.1, 0.15) is 53.4 Å². The van der Waals surface area contributed by atoms with Crippen LogP contribution in [0.2, 0.25) is 0 Å². The molecule has 116 valence electrons. The van der Waals surface area contributed by atoms with Crippen LogP contribution >= 0.6 is 0 Å². The second kappa shape index (κ2) is 7.07. The van der Waals surface area contributed by atoms with Crippen LogP contribution in [0.3, 0.4) is 0 Å². The Balaban J connectivity index is 2.43. The molecule has 1 fully saturated rings. The van der Waals surface area contributed by atoms with Crippen molar-refractivity contribution in [2.45, 2.75) is 71.6 Å². The summed E-state index contributed by atoms with van der Waals surface area (Å²) in [7, 11) is 1.68. The molecule has 0 aromatic carbocycles. The highest BCUT2D eigenvalue weighted by molar-refractivity contribution is 5.87. The summed E-state index contributed by atoms with van der Waals surface area (Å²) in [6, 6.07) is -0.621. The third kappa shape index (κ3) is 5.12. The molecule has 5 nitrogen and oxygen atoms in total. The summed E-state index contributed by atoms with van der Waals surface area (Å²) in [5.41, 5.74) is -0.513. The van der Waals surface area contributed by atoms with Crippen molar-refractivity contribution >= 4 is 11.9 Å². The van der Waals surface area contributed by atoms with Gasteiger partial charge in [0.25, 0.3) is 0 Å². The molecule has 0 aromatic heterocycles. The molecule has 0 radical (unpaired) electrons. The van der Waals surface area contributed by atoms with Crippen LogP contribution in [0.25, 0.3) is 0 Å². The topological polar surface area (TPSA) is 64.6 Å². The van der Waals surface area contributed by atoms with Crippen molar-refractivity contribution < 1.29 is 19.1 Å². The smallest absolute Gasteiger partial charge is 0.328 e. The summed E-state index contributed by atoms with van der Waals surface area (Å²) in [4.78, 5) is 23.8. The predicted octanol–water partition coefficient (Wildman–Crippen LogP) is 2.04. The molecule has 0 unspecified atom stereocenters. The Morgan fingerprint density at radius 1 is 1.20 bits per heavy atom. The van der Waals surface area contributed by atoms with Crippen molar-refractivity contribution in [2.75, 3.05) is 7.11 Å². The SMILES string of the molecule is CO[C@@H]1CCC[C@@H](OC(=O)[C@H](C)NC(=O)C(C)(C)C)C1. The molecule has 3 atom stereocenters. The van der Waals surface area contributed by atoms with Crippen LogP contribution in [0, 0.1) is 5.41 Å². The summed E-state index contributed by atoms with van der Waals surface area (Å²) in [6.45, 7) is 7.09. The molecule has 1 amide bonds. The number of methoxy groups -OCH3 is 1. The average molecular weight is 285 g/mol. The molecule has 1 aliphatic rings. The number of esters is 1. The van der Waals surface area contributed by atoms with Crippen LogP contribution < -0.4 is 5.32 Å². The van der Waals surface area contributed by atoms with E-state index >= 15 is 0 Å². The van der Waals surface area contributed by atoms with E-state index in [1.54, 1.807) is 14.0 Å². The molecule has 1 rings (SSSR count). The predicted molar refractivity (Wildman–Crippen MR) is 76.2 cm³/mol. The van der Waals surface area contributed by atoms with E-state index in [9.17, 15) is 9.59 Å². The molecule has 1 N–H and O–H groups in total.